The number of benzene rings is 1. The number of rotatable bonds is 6. The number of carbonyl (C=O) groups excluding carboxylic acids is 2. The highest BCUT2D eigenvalue weighted by Crippen LogP contribution is 2.27. The van der Waals surface area contributed by atoms with Crippen LogP contribution in [0.25, 0.3) is 0 Å². The number of hydrogen-bond donors (Lipinski definition) is 1. The number of nitrogens with one attached hydrogen (secondary N) is 1. The van der Waals surface area contributed by atoms with Gasteiger partial charge in [0.05, 0.1) is 0 Å². The summed E-state index contributed by atoms with van der Waals surface area (Å²) < 4.78 is 0. The van der Waals surface area contributed by atoms with E-state index in [1.165, 1.54) is 5.56 Å². The van der Waals surface area contributed by atoms with Crippen molar-refractivity contribution in [2.24, 2.45) is 10.9 Å². The van der Waals surface area contributed by atoms with Gasteiger partial charge in [-0.25, -0.2) is 9.79 Å². The lowest BCUT2D eigenvalue weighted by Gasteiger charge is -2.41. The Hall–Kier alpha value is -2.61. The Labute approximate surface area is 184 Å². The number of aryl methyl sites for hydroxylation is 1. The molecule has 3 aliphatic rings. The quantitative estimate of drug-likeness (QED) is 0.745. The second kappa shape index (κ2) is 9.26. The molecule has 1 aromatic rings. The van der Waals surface area contributed by atoms with E-state index < -0.39 is 12.2 Å². The molecule has 2 saturated heterocycles. The average Bonchev–Trinajstić information content (AvgIpc) is 3.12. The van der Waals surface area contributed by atoms with Gasteiger partial charge in [0.25, 0.3) is 5.91 Å². The summed E-state index contributed by atoms with van der Waals surface area (Å²) in [5.41, 5.74) is 1.39. The first-order chi connectivity index (χ1) is 14.9. The predicted octanol–water partition coefficient (Wildman–Crippen LogP) is 1.44. The van der Waals surface area contributed by atoms with Crippen LogP contribution in [0.2, 0.25) is 0 Å². The number of imide groups is 1. The standard InChI is InChI=1S/C23H34N6O2/c1-17(2)16-29-19-20(26(3)23(31)25-21(19)30)24-22(29)28-14-12-27(13-15-28)11-7-10-18-8-5-4-6-9-18/h4-6,8-9,17,19-20H,7,10-16H2,1-3H3,(H,25,30,31). The molecule has 31 heavy (non-hydrogen) atoms. The molecule has 8 heteroatoms. The van der Waals surface area contributed by atoms with E-state index in [1.54, 1.807) is 11.9 Å². The minimum Gasteiger partial charge on any atom is -0.340 e. The first-order valence-corrected chi connectivity index (χ1v) is 11.4. The van der Waals surface area contributed by atoms with Gasteiger partial charge in [0.2, 0.25) is 0 Å². The second-order valence-corrected chi connectivity index (χ2v) is 9.16. The SMILES string of the molecule is CC(C)CN1C(N2CCN(CCCc3ccccc3)CC2)=NC2C1C(=O)NC(=O)N2C. The highest BCUT2D eigenvalue weighted by atomic mass is 16.2. The van der Waals surface area contributed by atoms with Crippen molar-refractivity contribution < 1.29 is 9.59 Å². The summed E-state index contributed by atoms with van der Waals surface area (Å²) in [6.07, 6.45) is 1.81. The highest BCUT2D eigenvalue weighted by molar-refractivity contribution is 6.03. The van der Waals surface area contributed by atoms with E-state index in [-0.39, 0.29) is 11.9 Å². The van der Waals surface area contributed by atoms with Crippen molar-refractivity contribution in [2.45, 2.75) is 38.9 Å². The number of urea groups is 1. The molecule has 0 aromatic heterocycles. The Morgan fingerprint density at radius 3 is 2.48 bits per heavy atom. The Balaban J connectivity index is 1.37. The van der Waals surface area contributed by atoms with E-state index >= 15 is 0 Å². The summed E-state index contributed by atoms with van der Waals surface area (Å²) in [5.74, 6) is 1.01. The number of nitrogens with zero attached hydrogens (tertiary/aromatic N) is 5. The zero-order valence-electron chi connectivity index (χ0n) is 18.8. The molecule has 3 amide bonds. The maximum absolute atomic E-state index is 12.6. The molecule has 4 rings (SSSR count). The average molecular weight is 427 g/mol. The van der Waals surface area contributed by atoms with Crippen LogP contribution in [0, 0.1) is 5.92 Å². The number of aliphatic imine (C=N–C) groups is 1. The maximum Gasteiger partial charge on any atom is 0.325 e. The van der Waals surface area contributed by atoms with Gasteiger partial charge < -0.3 is 14.7 Å². The zero-order chi connectivity index (χ0) is 22.0. The normalized spacial score (nSPS) is 24.5. The summed E-state index contributed by atoms with van der Waals surface area (Å²) in [4.78, 5) is 38.1. The molecule has 0 aliphatic carbocycles. The van der Waals surface area contributed by atoms with Crippen molar-refractivity contribution in [3.8, 4) is 0 Å². The lowest BCUT2D eigenvalue weighted by molar-refractivity contribution is -0.127. The van der Waals surface area contributed by atoms with E-state index in [9.17, 15) is 9.59 Å². The lowest BCUT2D eigenvalue weighted by Crippen LogP contribution is -2.65. The van der Waals surface area contributed by atoms with Crippen LogP contribution in [-0.4, -0.2) is 96.0 Å². The first-order valence-electron chi connectivity index (χ1n) is 11.4. The van der Waals surface area contributed by atoms with Gasteiger partial charge in [-0.05, 0) is 30.9 Å². The number of guanidine groups is 1. The van der Waals surface area contributed by atoms with Gasteiger partial charge in [0.15, 0.2) is 18.2 Å². The van der Waals surface area contributed by atoms with Crippen molar-refractivity contribution in [3.05, 3.63) is 35.9 Å². The van der Waals surface area contributed by atoms with Crippen molar-refractivity contribution in [3.63, 3.8) is 0 Å². The summed E-state index contributed by atoms with van der Waals surface area (Å²) >= 11 is 0. The molecular weight excluding hydrogens is 392 g/mol. The van der Waals surface area contributed by atoms with Gasteiger partial charge >= 0.3 is 6.03 Å². The molecule has 2 atom stereocenters. The van der Waals surface area contributed by atoms with E-state index in [1.807, 2.05) is 0 Å². The highest BCUT2D eigenvalue weighted by Gasteiger charge is 2.49. The van der Waals surface area contributed by atoms with Gasteiger partial charge in [-0.15, -0.1) is 0 Å². The molecule has 3 aliphatic heterocycles. The summed E-state index contributed by atoms with van der Waals surface area (Å²) in [6, 6.07) is 9.83. The van der Waals surface area contributed by atoms with Gasteiger partial charge in [-0.1, -0.05) is 44.2 Å². The molecule has 1 N–H and O–H groups in total. The molecule has 3 heterocycles. The summed E-state index contributed by atoms with van der Waals surface area (Å²) in [6.45, 7) is 9.87. The lowest BCUT2D eigenvalue weighted by atomic mass is 10.1. The van der Waals surface area contributed by atoms with Crippen LogP contribution in [0.15, 0.2) is 35.3 Å². The van der Waals surface area contributed by atoms with E-state index in [0.717, 1.165) is 58.1 Å². The number of amides is 3. The molecule has 2 unspecified atom stereocenters. The molecule has 0 bridgehead atoms. The van der Waals surface area contributed by atoms with Crippen molar-refractivity contribution in [1.82, 2.24) is 24.9 Å². The number of fused-ring (bicyclic) bond motifs is 1. The topological polar surface area (TPSA) is 71.5 Å². The van der Waals surface area contributed by atoms with Crippen molar-refractivity contribution in [2.75, 3.05) is 46.3 Å². The third-order valence-corrected chi connectivity index (χ3v) is 6.34. The summed E-state index contributed by atoms with van der Waals surface area (Å²) in [5, 5.41) is 2.48. The fourth-order valence-corrected chi connectivity index (χ4v) is 4.69. The van der Waals surface area contributed by atoms with Crippen LogP contribution in [0.4, 0.5) is 4.79 Å². The largest absolute Gasteiger partial charge is 0.340 e. The van der Waals surface area contributed by atoms with E-state index in [0.29, 0.717) is 5.92 Å². The third kappa shape index (κ3) is 4.69. The minimum absolute atomic E-state index is 0.243. The first kappa shape index (κ1) is 21.6. The van der Waals surface area contributed by atoms with Gasteiger partial charge in [0, 0.05) is 39.8 Å². The molecule has 168 valence electrons. The monoisotopic (exact) mass is 426 g/mol. The zero-order valence-corrected chi connectivity index (χ0v) is 18.8. The van der Waals surface area contributed by atoms with Crippen LogP contribution in [0.3, 0.4) is 0 Å². The third-order valence-electron chi connectivity index (χ3n) is 6.34. The number of hydrogen-bond acceptors (Lipinski definition) is 6. The molecule has 0 saturated carbocycles. The van der Waals surface area contributed by atoms with Crippen LogP contribution in [0.5, 0.6) is 0 Å². The maximum atomic E-state index is 12.6. The van der Waals surface area contributed by atoms with Gasteiger partial charge in [-0.3, -0.25) is 15.0 Å². The Bertz CT molecular complexity index is 819. The number of likely N-dealkylation sites (N-methyl/N-ethyl adjacent to an activating group) is 1. The van der Waals surface area contributed by atoms with Crippen LogP contribution in [-0.2, 0) is 11.2 Å². The minimum atomic E-state index is -0.445. The Morgan fingerprint density at radius 2 is 1.81 bits per heavy atom. The molecule has 0 radical (unpaired) electrons. The van der Waals surface area contributed by atoms with Crippen LogP contribution < -0.4 is 5.32 Å². The van der Waals surface area contributed by atoms with Gasteiger partial charge in [-0.2, -0.15) is 0 Å². The second-order valence-electron chi connectivity index (χ2n) is 9.16. The van der Waals surface area contributed by atoms with Crippen LogP contribution >= 0.6 is 0 Å². The summed E-state index contributed by atoms with van der Waals surface area (Å²) in [7, 11) is 1.71. The van der Waals surface area contributed by atoms with Crippen molar-refractivity contribution in [1.29, 1.82) is 0 Å². The predicted molar refractivity (Wildman–Crippen MR) is 121 cm³/mol. The molecule has 8 nitrogen and oxygen atoms in total. The fraction of sp³-hybridized carbons (Fsp3) is 0.609. The van der Waals surface area contributed by atoms with Gasteiger partial charge in [0.1, 0.15) is 0 Å². The van der Waals surface area contributed by atoms with Crippen LogP contribution in [0.1, 0.15) is 25.8 Å². The smallest absolute Gasteiger partial charge is 0.325 e. The number of carbonyl (C=O) groups is 2. The number of piperazine rings is 1. The van der Waals surface area contributed by atoms with E-state index in [4.69, 9.17) is 4.99 Å². The van der Waals surface area contributed by atoms with Crippen molar-refractivity contribution >= 4 is 17.9 Å². The molecular formula is C23H34N6O2. The Kier molecular flexibility index (Phi) is 6.46. The molecule has 0 spiro atoms. The van der Waals surface area contributed by atoms with E-state index in [2.05, 4.69) is 64.2 Å². The molecule has 1 aromatic carbocycles. The Morgan fingerprint density at radius 1 is 1.10 bits per heavy atom. The fourth-order valence-electron chi connectivity index (χ4n) is 4.69. The molecule has 2 fully saturated rings.